The Labute approximate surface area is 129 Å². The minimum Gasteiger partial charge on any atom is -0.451 e. The maximum absolute atomic E-state index is 13.6. The maximum atomic E-state index is 13.6. The largest absolute Gasteiger partial charge is 0.451 e. The van der Waals surface area contributed by atoms with Gasteiger partial charge in [-0.25, -0.2) is 9.07 Å². The number of anilines is 1. The lowest BCUT2D eigenvalue weighted by Gasteiger charge is -2.13. The Kier molecular flexibility index (Phi) is 4.99. The Morgan fingerprint density at radius 3 is 2.91 bits per heavy atom. The highest BCUT2D eigenvalue weighted by Crippen LogP contribution is 2.19. The molecular weight excluding hydrogens is 317 g/mol. The molecule has 0 spiro atoms. The number of nitrogens with one attached hydrogen (secondary N) is 1. The van der Waals surface area contributed by atoms with Gasteiger partial charge >= 0.3 is 5.97 Å². The number of esters is 1. The summed E-state index contributed by atoms with van der Waals surface area (Å²) in [5, 5.41) is 12.7. The average molecular weight is 328 g/mol. The van der Waals surface area contributed by atoms with Crippen LogP contribution in [0, 0.1) is 5.82 Å². The molecule has 0 aliphatic heterocycles. The number of nitrogens with zero attached hydrogens (tertiary/aromatic N) is 4. The zero-order valence-electron chi connectivity index (χ0n) is 11.4. The first-order valence-electron chi connectivity index (χ1n) is 6.12. The van der Waals surface area contributed by atoms with Gasteiger partial charge in [0.2, 0.25) is 0 Å². The number of carbonyl (C=O) groups is 2. The molecule has 1 heterocycles. The van der Waals surface area contributed by atoms with Crippen LogP contribution < -0.4 is 5.32 Å². The fourth-order valence-corrected chi connectivity index (χ4v) is 1.66. The molecule has 0 bridgehead atoms. The lowest BCUT2D eigenvalue weighted by Crippen LogP contribution is -2.31. The summed E-state index contributed by atoms with van der Waals surface area (Å²) in [5.74, 6) is -2.06. The van der Waals surface area contributed by atoms with Crippen LogP contribution in [-0.2, 0) is 20.9 Å². The molecular formula is C12H11ClFN5O3. The minimum atomic E-state index is -1.11. The molecule has 116 valence electrons. The third kappa shape index (κ3) is 4.22. The van der Waals surface area contributed by atoms with E-state index in [1.165, 1.54) is 25.4 Å². The van der Waals surface area contributed by atoms with E-state index in [2.05, 4.69) is 20.8 Å². The fourth-order valence-electron chi connectivity index (χ4n) is 1.50. The number of aromatic nitrogens is 4. The molecule has 2 rings (SSSR count). The SMILES string of the molecule is C[C@H](OC(=O)Cn1cnnn1)C(=O)Nc1ccc(Cl)cc1F. The molecule has 1 amide bonds. The van der Waals surface area contributed by atoms with Gasteiger partial charge in [-0.15, -0.1) is 5.10 Å². The predicted molar refractivity (Wildman–Crippen MR) is 73.4 cm³/mol. The Hall–Kier alpha value is -2.55. The van der Waals surface area contributed by atoms with Crippen molar-refractivity contribution in [2.75, 3.05) is 5.32 Å². The molecule has 0 radical (unpaired) electrons. The smallest absolute Gasteiger partial charge is 0.328 e. The van der Waals surface area contributed by atoms with Crippen LogP contribution in [0.15, 0.2) is 24.5 Å². The van der Waals surface area contributed by atoms with Crippen molar-refractivity contribution in [1.82, 2.24) is 20.2 Å². The fraction of sp³-hybridized carbons (Fsp3) is 0.250. The van der Waals surface area contributed by atoms with Crippen molar-refractivity contribution in [2.24, 2.45) is 0 Å². The van der Waals surface area contributed by atoms with Crippen LogP contribution in [0.5, 0.6) is 0 Å². The summed E-state index contributed by atoms with van der Waals surface area (Å²) in [7, 11) is 0. The molecule has 0 unspecified atom stereocenters. The first-order valence-corrected chi connectivity index (χ1v) is 6.49. The Bertz CT molecular complexity index is 679. The molecule has 1 aromatic carbocycles. The molecule has 1 atom stereocenters. The first kappa shape index (κ1) is 15.8. The second-order valence-electron chi connectivity index (χ2n) is 4.25. The number of rotatable bonds is 5. The zero-order valence-corrected chi connectivity index (χ0v) is 12.1. The monoisotopic (exact) mass is 327 g/mol. The Balaban J connectivity index is 1.90. The number of carbonyl (C=O) groups excluding carboxylic acids is 2. The summed E-state index contributed by atoms with van der Waals surface area (Å²) in [4.78, 5) is 23.4. The van der Waals surface area contributed by atoms with Gasteiger partial charge < -0.3 is 10.1 Å². The highest BCUT2D eigenvalue weighted by molar-refractivity contribution is 6.30. The summed E-state index contributed by atoms with van der Waals surface area (Å²) >= 11 is 5.61. The minimum absolute atomic E-state index is 0.0576. The van der Waals surface area contributed by atoms with Gasteiger partial charge in [-0.05, 0) is 35.5 Å². The normalized spacial score (nSPS) is 11.8. The first-order chi connectivity index (χ1) is 10.5. The van der Waals surface area contributed by atoms with E-state index in [4.69, 9.17) is 16.3 Å². The molecule has 0 aliphatic carbocycles. The molecule has 8 nitrogen and oxygen atoms in total. The molecule has 0 saturated carbocycles. The molecule has 1 aromatic heterocycles. The topological polar surface area (TPSA) is 99.0 Å². The van der Waals surface area contributed by atoms with Crippen LogP contribution in [0.25, 0.3) is 0 Å². The number of hydrogen-bond donors (Lipinski definition) is 1. The van der Waals surface area contributed by atoms with Crippen LogP contribution in [0.1, 0.15) is 6.92 Å². The van der Waals surface area contributed by atoms with Gasteiger partial charge in [0, 0.05) is 5.02 Å². The van der Waals surface area contributed by atoms with Crippen LogP contribution >= 0.6 is 11.6 Å². The molecule has 0 fully saturated rings. The molecule has 22 heavy (non-hydrogen) atoms. The Morgan fingerprint density at radius 1 is 1.50 bits per heavy atom. The second-order valence-corrected chi connectivity index (χ2v) is 4.69. The summed E-state index contributed by atoms with van der Waals surface area (Å²) < 4.78 is 19.6. The second kappa shape index (κ2) is 6.94. The predicted octanol–water partition coefficient (Wildman–Crippen LogP) is 1.04. The molecule has 2 aromatic rings. The van der Waals surface area contributed by atoms with Crippen molar-refractivity contribution < 1.29 is 18.7 Å². The van der Waals surface area contributed by atoms with Gasteiger partial charge in [-0.2, -0.15) is 0 Å². The Morgan fingerprint density at radius 2 is 2.27 bits per heavy atom. The van der Waals surface area contributed by atoms with Crippen molar-refractivity contribution in [3.05, 3.63) is 35.4 Å². The zero-order chi connectivity index (χ0) is 16.1. The third-order valence-electron chi connectivity index (χ3n) is 2.55. The number of tetrazole rings is 1. The summed E-state index contributed by atoms with van der Waals surface area (Å²) in [5.41, 5.74) is -0.0576. The molecule has 0 saturated heterocycles. The molecule has 1 N–H and O–H groups in total. The lowest BCUT2D eigenvalue weighted by atomic mass is 10.3. The number of amides is 1. The summed E-state index contributed by atoms with van der Waals surface area (Å²) in [6, 6.07) is 3.80. The van der Waals surface area contributed by atoms with Crippen LogP contribution in [-0.4, -0.2) is 38.2 Å². The van der Waals surface area contributed by atoms with E-state index in [0.717, 1.165) is 10.7 Å². The van der Waals surface area contributed by atoms with E-state index in [0.29, 0.717) is 0 Å². The number of benzene rings is 1. The van der Waals surface area contributed by atoms with Crippen molar-refractivity contribution in [2.45, 2.75) is 19.6 Å². The van der Waals surface area contributed by atoms with Crippen LogP contribution in [0.4, 0.5) is 10.1 Å². The molecule has 10 heteroatoms. The van der Waals surface area contributed by atoms with E-state index in [1.54, 1.807) is 0 Å². The van der Waals surface area contributed by atoms with Crippen LogP contribution in [0.2, 0.25) is 5.02 Å². The standard InChI is InChI=1S/C12H11ClFN5O3/c1-7(22-11(20)5-19-6-15-17-18-19)12(21)16-10-3-2-8(13)4-9(10)14/h2-4,6-7H,5H2,1H3,(H,16,21)/t7-/m0/s1. The quantitative estimate of drug-likeness (QED) is 0.824. The van der Waals surface area contributed by atoms with Gasteiger partial charge in [0.1, 0.15) is 18.7 Å². The van der Waals surface area contributed by atoms with Crippen molar-refractivity contribution in [1.29, 1.82) is 0 Å². The maximum Gasteiger partial charge on any atom is 0.328 e. The van der Waals surface area contributed by atoms with Gasteiger partial charge in [-0.3, -0.25) is 9.59 Å². The van der Waals surface area contributed by atoms with Crippen LogP contribution in [0.3, 0.4) is 0 Å². The summed E-state index contributed by atoms with van der Waals surface area (Å²) in [6.07, 6.45) is 0.119. The van der Waals surface area contributed by atoms with E-state index in [9.17, 15) is 14.0 Å². The van der Waals surface area contributed by atoms with Gasteiger partial charge in [0.15, 0.2) is 6.10 Å². The number of ether oxygens (including phenoxy) is 1. The van der Waals surface area contributed by atoms with Gasteiger partial charge in [0.25, 0.3) is 5.91 Å². The number of halogens is 2. The number of hydrogen-bond acceptors (Lipinski definition) is 6. The summed E-state index contributed by atoms with van der Waals surface area (Å²) in [6.45, 7) is 1.13. The highest BCUT2D eigenvalue weighted by atomic mass is 35.5. The van der Waals surface area contributed by atoms with E-state index in [1.807, 2.05) is 0 Å². The van der Waals surface area contributed by atoms with E-state index >= 15 is 0 Å². The van der Waals surface area contributed by atoms with Gasteiger partial charge in [-0.1, -0.05) is 11.6 Å². The average Bonchev–Trinajstić information content (AvgIpc) is 2.94. The van der Waals surface area contributed by atoms with E-state index in [-0.39, 0.29) is 17.3 Å². The van der Waals surface area contributed by atoms with E-state index < -0.39 is 23.8 Å². The van der Waals surface area contributed by atoms with Crippen molar-refractivity contribution in [3.63, 3.8) is 0 Å². The lowest BCUT2D eigenvalue weighted by molar-refractivity contribution is -0.153. The van der Waals surface area contributed by atoms with Crippen molar-refractivity contribution >= 4 is 29.2 Å². The van der Waals surface area contributed by atoms with Gasteiger partial charge in [0.05, 0.1) is 5.69 Å². The third-order valence-corrected chi connectivity index (χ3v) is 2.78. The molecule has 0 aliphatic rings. The van der Waals surface area contributed by atoms with Crippen molar-refractivity contribution in [3.8, 4) is 0 Å². The highest BCUT2D eigenvalue weighted by Gasteiger charge is 2.19.